The lowest BCUT2D eigenvalue weighted by Crippen LogP contribution is -2.30. The number of hydrogen-bond donors (Lipinski definition) is 3. The van der Waals surface area contributed by atoms with Crippen LogP contribution in [0.3, 0.4) is 0 Å². The summed E-state index contributed by atoms with van der Waals surface area (Å²) in [5, 5.41) is 8.30. The number of halogens is 1. The molecule has 41 heavy (non-hydrogen) atoms. The van der Waals surface area contributed by atoms with Gasteiger partial charge in [-0.3, -0.25) is 14.4 Å². The van der Waals surface area contributed by atoms with Crippen LogP contribution < -0.4 is 20.9 Å². The fourth-order valence-electron chi connectivity index (χ4n) is 3.72. The van der Waals surface area contributed by atoms with Gasteiger partial charge in [0.05, 0.1) is 5.75 Å². The van der Waals surface area contributed by atoms with Gasteiger partial charge in [0.2, 0.25) is 5.91 Å². The van der Waals surface area contributed by atoms with Gasteiger partial charge in [-0.25, -0.2) is 4.39 Å². The highest BCUT2D eigenvalue weighted by molar-refractivity contribution is 8.00. The predicted octanol–water partition coefficient (Wildman–Crippen LogP) is 6.03. The number of amides is 3. The average molecular weight is 569 g/mol. The summed E-state index contributed by atoms with van der Waals surface area (Å²) in [5.41, 5.74) is 3.25. The molecule has 0 aliphatic carbocycles. The Morgan fingerprint density at radius 1 is 0.805 bits per heavy atom. The van der Waals surface area contributed by atoms with E-state index in [2.05, 4.69) is 16.0 Å². The first kappa shape index (κ1) is 29.1. The number of nitrogens with one attached hydrogen (secondary N) is 3. The number of hydrogen-bond acceptors (Lipinski definition) is 5. The van der Waals surface area contributed by atoms with Crippen molar-refractivity contribution >= 4 is 52.6 Å². The van der Waals surface area contributed by atoms with Crippen LogP contribution in [-0.4, -0.2) is 37.6 Å². The zero-order chi connectivity index (χ0) is 29.2. The third-order valence-electron chi connectivity index (χ3n) is 5.84. The molecule has 0 aliphatic rings. The second-order valence-corrected chi connectivity index (χ2v) is 10.2. The number of thioether (sulfide) groups is 1. The van der Waals surface area contributed by atoms with Crippen molar-refractivity contribution in [2.24, 2.45) is 0 Å². The SMILES string of the molecule is CN(C)c1ccc(/C=C(/NC(=O)c2ccccc2)C(=O)Nc2cccc(SCC(=O)Nc3ccc(F)cc3)c2)cc1. The third kappa shape index (κ3) is 8.81. The van der Waals surface area contributed by atoms with Gasteiger partial charge in [-0.15, -0.1) is 11.8 Å². The third-order valence-corrected chi connectivity index (χ3v) is 6.83. The standard InChI is InChI=1S/C32H29FN4O3S/c1-37(2)27-17-11-22(12-18-27)19-29(36-31(39)23-7-4-3-5-8-23)32(40)35-26-9-6-10-28(20-26)41-21-30(38)34-25-15-13-24(33)14-16-25/h3-20H,21H2,1-2H3,(H,34,38)(H,35,40)(H,36,39)/b29-19+. The van der Waals surface area contributed by atoms with E-state index >= 15 is 0 Å². The molecule has 9 heteroatoms. The van der Waals surface area contributed by atoms with E-state index in [0.717, 1.165) is 16.1 Å². The number of carbonyl (C=O) groups excluding carboxylic acids is 3. The number of nitrogens with zero attached hydrogens (tertiary/aromatic N) is 1. The van der Waals surface area contributed by atoms with Crippen molar-refractivity contribution in [3.8, 4) is 0 Å². The van der Waals surface area contributed by atoms with Gasteiger partial charge in [-0.05, 0) is 78.4 Å². The maximum absolute atomic E-state index is 13.4. The van der Waals surface area contributed by atoms with Crippen LogP contribution in [0.25, 0.3) is 6.08 Å². The molecule has 0 bridgehead atoms. The fraction of sp³-hybridized carbons (Fsp3) is 0.0938. The first-order valence-electron chi connectivity index (χ1n) is 12.7. The molecule has 0 heterocycles. The Morgan fingerprint density at radius 3 is 2.20 bits per heavy atom. The topological polar surface area (TPSA) is 90.5 Å². The largest absolute Gasteiger partial charge is 0.378 e. The van der Waals surface area contributed by atoms with Gasteiger partial charge < -0.3 is 20.9 Å². The Labute approximate surface area is 242 Å². The van der Waals surface area contributed by atoms with E-state index in [-0.39, 0.29) is 23.2 Å². The summed E-state index contributed by atoms with van der Waals surface area (Å²) in [6, 6.07) is 28.8. The Bertz CT molecular complexity index is 1540. The van der Waals surface area contributed by atoms with Gasteiger partial charge in [0.1, 0.15) is 11.5 Å². The molecule has 0 fully saturated rings. The highest BCUT2D eigenvalue weighted by atomic mass is 32.2. The molecule has 7 nitrogen and oxygen atoms in total. The van der Waals surface area contributed by atoms with Crippen LogP contribution in [0.15, 0.2) is 114 Å². The van der Waals surface area contributed by atoms with E-state index in [9.17, 15) is 18.8 Å². The van der Waals surface area contributed by atoms with E-state index in [1.54, 1.807) is 48.5 Å². The van der Waals surface area contributed by atoms with Crippen molar-refractivity contribution in [1.82, 2.24) is 5.32 Å². The quantitative estimate of drug-likeness (QED) is 0.161. The van der Waals surface area contributed by atoms with Gasteiger partial charge in [0, 0.05) is 41.6 Å². The average Bonchev–Trinajstić information content (AvgIpc) is 2.98. The highest BCUT2D eigenvalue weighted by Crippen LogP contribution is 2.23. The summed E-state index contributed by atoms with van der Waals surface area (Å²) >= 11 is 1.29. The second kappa shape index (κ2) is 14.0. The highest BCUT2D eigenvalue weighted by Gasteiger charge is 2.16. The van der Waals surface area contributed by atoms with Crippen LogP contribution in [0, 0.1) is 5.82 Å². The number of carbonyl (C=O) groups is 3. The lowest BCUT2D eigenvalue weighted by atomic mass is 10.1. The fourth-order valence-corrected chi connectivity index (χ4v) is 4.47. The molecular weight excluding hydrogens is 539 g/mol. The lowest BCUT2D eigenvalue weighted by molar-refractivity contribution is -0.114. The molecule has 4 aromatic rings. The number of anilines is 3. The first-order valence-corrected chi connectivity index (χ1v) is 13.7. The normalized spacial score (nSPS) is 11.0. The van der Waals surface area contributed by atoms with E-state index in [0.29, 0.717) is 16.9 Å². The summed E-state index contributed by atoms with van der Waals surface area (Å²) in [4.78, 5) is 41.3. The Kier molecular flexibility index (Phi) is 9.90. The minimum Gasteiger partial charge on any atom is -0.378 e. The monoisotopic (exact) mass is 568 g/mol. The Balaban J connectivity index is 1.46. The lowest BCUT2D eigenvalue weighted by Gasteiger charge is -2.14. The van der Waals surface area contributed by atoms with Crippen LogP contribution in [0.5, 0.6) is 0 Å². The minimum absolute atomic E-state index is 0.0770. The number of benzene rings is 4. The predicted molar refractivity (Wildman–Crippen MR) is 163 cm³/mol. The zero-order valence-electron chi connectivity index (χ0n) is 22.6. The maximum atomic E-state index is 13.4. The molecule has 0 saturated carbocycles. The van der Waals surface area contributed by atoms with Crippen LogP contribution in [0.4, 0.5) is 21.5 Å². The van der Waals surface area contributed by atoms with Gasteiger partial charge in [0.25, 0.3) is 11.8 Å². The summed E-state index contributed by atoms with van der Waals surface area (Å²) in [5.74, 6) is -1.41. The smallest absolute Gasteiger partial charge is 0.272 e. The molecule has 3 N–H and O–H groups in total. The number of rotatable bonds is 10. The summed E-state index contributed by atoms with van der Waals surface area (Å²) in [6.07, 6.45) is 1.62. The molecular formula is C32H29FN4O3S. The Hall–Kier alpha value is -4.89. The van der Waals surface area contributed by atoms with Crippen molar-refractivity contribution < 1.29 is 18.8 Å². The molecule has 208 valence electrons. The van der Waals surface area contributed by atoms with Gasteiger partial charge >= 0.3 is 0 Å². The van der Waals surface area contributed by atoms with Crippen LogP contribution in [-0.2, 0) is 9.59 Å². The molecule has 0 aliphatic heterocycles. The molecule has 4 rings (SSSR count). The van der Waals surface area contributed by atoms with Crippen LogP contribution >= 0.6 is 11.8 Å². The van der Waals surface area contributed by atoms with Gasteiger partial charge in [-0.1, -0.05) is 36.4 Å². The van der Waals surface area contributed by atoms with Crippen molar-refractivity contribution in [2.45, 2.75) is 4.90 Å². The van der Waals surface area contributed by atoms with Crippen molar-refractivity contribution in [3.05, 3.63) is 126 Å². The second-order valence-electron chi connectivity index (χ2n) is 9.19. The van der Waals surface area contributed by atoms with Crippen LogP contribution in [0.2, 0.25) is 0 Å². The molecule has 4 aromatic carbocycles. The molecule has 0 spiro atoms. The molecule has 0 saturated heterocycles. The molecule has 0 unspecified atom stereocenters. The van der Waals surface area contributed by atoms with Gasteiger partial charge in [0.15, 0.2) is 0 Å². The molecule has 0 radical (unpaired) electrons. The summed E-state index contributed by atoms with van der Waals surface area (Å²) in [6.45, 7) is 0. The van der Waals surface area contributed by atoms with Crippen LogP contribution in [0.1, 0.15) is 15.9 Å². The maximum Gasteiger partial charge on any atom is 0.272 e. The van der Waals surface area contributed by atoms with E-state index in [1.807, 2.05) is 55.4 Å². The van der Waals surface area contributed by atoms with E-state index in [1.165, 1.54) is 36.0 Å². The summed E-state index contributed by atoms with van der Waals surface area (Å²) in [7, 11) is 3.88. The minimum atomic E-state index is -0.498. The Morgan fingerprint density at radius 2 is 1.51 bits per heavy atom. The zero-order valence-corrected chi connectivity index (χ0v) is 23.4. The molecule has 3 amide bonds. The van der Waals surface area contributed by atoms with Crippen molar-refractivity contribution in [1.29, 1.82) is 0 Å². The van der Waals surface area contributed by atoms with Crippen molar-refractivity contribution in [3.63, 3.8) is 0 Å². The van der Waals surface area contributed by atoms with E-state index < -0.39 is 11.8 Å². The van der Waals surface area contributed by atoms with E-state index in [4.69, 9.17) is 0 Å². The molecule has 0 aromatic heterocycles. The summed E-state index contributed by atoms with van der Waals surface area (Å²) < 4.78 is 13.1. The first-order chi connectivity index (χ1) is 19.8. The van der Waals surface area contributed by atoms with Crippen molar-refractivity contribution in [2.75, 3.05) is 35.4 Å². The van der Waals surface area contributed by atoms with Gasteiger partial charge in [-0.2, -0.15) is 0 Å². The molecule has 0 atom stereocenters.